The lowest BCUT2D eigenvalue weighted by Gasteiger charge is -2.14. The van der Waals surface area contributed by atoms with Crippen LogP contribution in [0.5, 0.6) is 0 Å². The van der Waals surface area contributed by atoms with Gasteiger partial charge in [-0.15, -0.1) is 0 Å². The van der Waals surface area contributed by atoms with Crippen molar-refractivity contribution >= 4 is 35.4 Å². The maximum absolute atomic E-state index is 11.5. The zero-order valence-corrected chi connectivity index (χ0v) is 13.3. The van der Waals surface area contributed by atoms with E-state index in [9.17, 15) is 28.8 Å². The number of amides is 4. The first kappa shape index (κ1) is 18.3. The fourth-order valence-corrected chi connectivity index (χ4v) is 2.28. The van der Waals surface area contributed by atoms with Gasteiger partial charge in [0.1, 0.15) is 0 Å². The van der Waals surface area contributed by atoms with Crippen LogP contribution in [0.4, 0.5) is 4.79 Å². The van der Waals surface area contributed by atoms with Crippen LogP contribution >= 0.6 is 0 Å². The minimum absolute atomic E-state index is 0.0338. The van der Waals surface area contributed by atoms with E-state index in [2.05, 4.69) is 10.6 Å². The van der Waals surface area contributed by atoms with E-state index in [0.29, 0.717) is 0 Å². The van der Waals surface area contributed by atoms with Crippen molar-refractivity contribution in [3.63, 3.8) is 0 Å². The molecule has 0 aromatic heterocycles. The standard InChI is InChI=1S/C15H17N3O7/c19-9-1-2-10(20)14(9)25-13(23)5-6-16-15(24)17-7-8-18-11(21)3-4-12(18)22/h3-4,14H,1-2,5-8H2,(H2,16,17,24). The second-order valence-corrected chi connectivity index (χ2v) is 5.40. The highest BCUT2D eigenvalue weighted by Gasteiger charge is 2.35. The average Bonchev–Trinajstić information content (AvgIpc) is 3.04. The Kier molecular flexibility index (Phi) is 5.98. The summed E-state index contributed by atoms with van der Waals surface area (Å²) in [7, 11) is 0. The molecule has 10 nitrogen and oxygen atoms in total. The first-order valence-electron chi connectivity index (χ1n) is 7.68. The van der Waals surface area contributed by atoms with Crippen molar-refractivity contribution in [2.24, 2.45) is 0 Å². The summed E-state index contributed by atoms with van der Waals surface area (Å²) < 4.78 is 4.79. The summed E-state index contributed by atoms with van der Waals surface area (Å²) in [5.74, 6) is -2.46. The van der Waals surface area contributed by atoms with E-state index in [1.165, 1.54) is 0 Å². The summed E-state index contributed by atoms with van der Waals surface area (Å²) in [4.78, 5) is 69.3. The van der Waals surface area contributed by atoms with Gasteiger partial charge in [-0.2, -0.15) is 0 Å². The number of ketones is 2. The first-order valence-corrected chi connectivity index (χ1v) is 7.68. The van der Waals surface area contributed by atoms with Crippen molar-refractivity contribution in [3.05, 3.63) is 12.2 Å². The number of nitrogens with zero attached hydrogens (tertiary/aromatic N) is 1. The normalized spacial score (nSPS) is 17.4. The van der Waals surface area contributed by atoms with E-state index >= 15 is 0 Å². The molecule has 0 spiro atoms. The lowest BCUT2D eigenvalue weighted by molar-refractivity contribution is -0.157. The molecule has 1 heterocycles. The van der Waals surface area contributed by atoms with Gasteiger partial charge in [0, 0.05) is 44.6 Å². The molecule has 1 fully saturated rings. The topological polar surface area (TPSA) is 139 Å². The van der Waals surface area contributed by atoms with Crippen LogP contribution in [-0.4, -0.2) is 66.0 Å². The van der Waals surface area contributed by atoms with Crippen molar-refractivity contribution in [2.45, 2.75) is 25.4 Å². The number of hydrogen-bond acceptors (Lipinski definition) is 7. The van der Waals surface area contributed by atoms with Gasteiger partial charge in [0.15, 0.2) is 11.6 Å². The second-order valence-electron chi connectivity index (χ2n) is 5.40. The minimum Gasteiger partial charge on any atom is -0.446 e. The molecule has 25 heavy (non-hydrogen) atoms. The molecule has 1 aliphatic carbocycles. The van der Waals surface area contributed by atoms with Crippen molar-refractivity contribution in [3.8, 4) is 0 Å². The summed E-state index contributed by atoms with van der Waals surface area (Å²) in [5, 5.41) is 4.81. The SMILES string of the molecule is O=C(NCCC(=O)OC1C(=O)CCC1=O)NCCN1C(=O)C=CC1=O. The largest absolute Gasteiger partial charge is 0.446 e. The molecule has 134 valence electrons. The van der Waals surface area contributed by atoms with Crippen LogP contribution in [0.1, 0.15) is 19.3 Å². The number of nitrogens with one attached hydrogen (secondary N) is 2. The van der Waals surface area contributed by atoms with Gasteiger partial charge in [-0.3, -0.25) is 28.9 Å². The van der Waals surface area contributed by atoms with Crippen molar-refractivity contribution in [2.75, 3.05) is 19.6 Å². The van der Waals surface area contributed by atoms with Crippen molar-refractivity contribution in [1.29, 1.82) is 0 Å². The number of carbonyl (C=O) groups excluding carboxylic acids is 6. The van der Waals surface area contributed by atoms with Gasteiger partial charge >= 0.3 is 12.0 Å². The number of hydrogen-bond donors (Lipinski definition) is 2. The zero-order valence-electron chi connectivity index (χ0n) is 13.3. The molecule has 0 aromatic rings. The number of esters is 1. The highest BCUT2D eigenvalue weighted by molar-refractivity contribution is 6.13. The first-order chi connectivity index (χ1) is 11.9. The van der Waals surface area contributed by atoms with E-state index in [0.717, 1.165) is 17.1 Å². The molecular weight excluding hydrogens is 334 g/mol. The summed E-state index contributed by atoms with van der Waals surface area (Å²) in [6.45, 7) is 0.0372. The number of ether oxygens (including phenoxy) is 1. The monoisotopic (exact) mass is 351 g/mol. The smallest absolute Gasteiger partial charge is 0.314 e. The molecule has 0 aromatic carbocycles. The maximum Gasteiger partial charge on any atom is 0.314 e. The fourth-order valence-electron chi connectivity index (χ4n) is 2.28. The van der Waals surface area contributed by atoms with Gasteiger partial charge in [0.25, 0.3) is 11.8 Å². The molecule has 2 aliphatic rings. The predicted molar refractivity (Wildman–Crippen MR) is 81.0 cm³/mol. The van der Waals surface area contributed by atoms with Crippen LogP contribution in [0.3, 0.4) is 0 Å². The molecule has 0 saturated heterocycles. The molecule has 1 saturated carbocycles. The van der Waals surface area contributed by atoms with Crippen LogP contribution < -0.4 is 10.6 Å². The van der Waals surface area contributed by atoms with E-state index in [4.69, 9.17) is 4.74 Å². The van der Waals surface area contributed by atoms with Gasteiger partial charge < -0.3 is 15.4 Å². The third kappa shape index (κ3) is 4.96. The predicted octanol–water partition coefficient (Wildman–Crippen LogP) is -1.56. The maximum atomic E-state index is 11.5. The average molecular weight is 351 g/mol. The Morgan fingerprint density at radius 3 is 2.16 bits per heavy atom. The van der Waals surface area contributed by atoms with Gasteiger partial charge in [-0.05, 0) is 0 Å². The molecule has 2 rings (SSSR count). The molecule has 10 heteroatoms. The lowest BCUT2D eigenvalue weighted by atomic mass is 10.3. The van der Waals surface area contributed by atoms with Crippen LogP contribution in [0.2, 0.25) is 0 Å². The molecule has 0 unspecified atom stereocenters. The number of carbonyl (C=O) groups is 6. The lowest BCUT2D eigenvalue weighted by Crippen LogP contribution is -2.42. The van der Waals surface area contributed by atoms with E-state index in [-0.39, 0.29) is 38.9 Å². The Morgan fingerprint density at radius 2 is 1.56 bits per heavy atom. The quantitative estimate of drug-likeness (QED) is 0.321. The molecule has 4 amide bonds. The van der Waals surface area contributed by atoms with Gasteiger partial charge in [-0.25, -0.2) is 4.79 Å². The van der Waals surface area contributed by atoms with Crippen LogP contribution in [-0.2, 0) is 28.7 Å². The van der Waals surface area contributed by atoms with E-state index < -0.39 is 41.5 Å². The van der Waals surface area contributed by atoms with E-state index in [1.54, 1.807) is 0 Å². The molecule has 1 aliphatic heterocycles. The van der Waals surface area contributed by atoms with E-state index in [1.807, 2.05) is 0 Å². The highest BCUT2D eigenvalue weighted by Crippen LogP contribution is 2.14. The van der Waals surface area contributed by atoms with Crippen molar-refractivity contribution < 1.29 is 33.5 Å². The Labute approximate surface area is 142 Å². The number of Topliss-reactive ketones (excluding diaryl/α,β-unsaturated/α-hetero) is 2. The summed E-state index contributed by atoms with van der Waals surface area (Å²) in [6.07, 6.45) is 0.939. The van der Waals surface area contributed by atoms with Crippen LogP contribution in [0, 0.1) is 0 Å². The van der Waals surface area contributed by atoms with Gasteiger partial charge in [0.05, 0.1) is 6.42 Å². The summed E-state index contributed by atoms with van der Waals surface area (Å²) in [6, 6.07) is -0.590. The molecular formula is C15H17N3O7. The number of urea groups is 1. The van der Waals surface area contributed by atoms with Gasteiger partial charge in [0.2, 0.25) is 6.10 Å². The summed E-state index contributed by atoms with van der Waals surface area (Å²) in [5.41, 5.74) is 0. The Morgan fingerprint density at radius 1 is 1.00 bits per heavy atom. The molecule has 0 radical (unpaired) electrons. The minimum atomic E-state index is -1.31. The molecule has 2 N–H and O–H groups in total. The Balaban J connectivity index is 1.58. The van der Waals surface area contributed by atoms with Crippen LogP contribution in [0.25, 0.3) is 0 Å². The zero-order chi connectivity index (χ0) is 18.4. The number of imide groups is 1. The second kappa shape index (κ2) is 8.18. The number of rotatable bonds is 7. The Hall–Kier alpha value is -3.04. The third-order valence-electron chi connectivity index (χ3n) is 3.59. The van der Waals surface area contributed by atoms with Crippen molar-refractivity contribution in [1.82, 2.24) is 15.5 Å². The van der Waals surface area contributed by atoms with Crippen LogP contribution in [0.15, 0.2) is 12.2 Å². The third-order valence-corrected chi connectivity index (χ3v) is 3.59. The molecule has 0 bridgehead atoms. The Bertz CT molecular complexity index is 622. The summed E-state index contributed by atoms with van der Waals surface area (Å²) >= 11 is 0. The van der Waals surface area contributed by atoms with Gasteiger partial charge in [-0.1, -0.05) is 0 Å². The highest BCUT2D eigenvalue weighted by atomic mass is 16.6. The fraction of sp³-hybridized carbons (Fsp3) is 0.467. The molecule has 0 atom stereocenters.